The fourth-order valence-electron chi connectivity index (χ4n) is 1.70. The summed E-state index contributed by atoms with van der Waals surface area (Å²) in [5, 5.41) is 0.662. The summed E-state index contributed by atoms with van der Waals surface area (Å²) in [7, 11) is 1.62. The van der Waals surface area contributed by atoms with Crippen LogP contribution >= 0.6 is 39.1 Å². The Balaban J connectivity index is 2.17. The molecule has 0 aliphatic heterocycles. The van der Waals surface area contributed by atoms with E-state index in [1.165, 1.54) is 0 Å². The van der Waals surface area contributed by atoms with E-state index in [-0.39, 0.29) is 0 Å². The van der Waals surface area contributed by atoms with E-state index in [0.717, 1.165) is 21.3 Å². The highest BCUT2D eigenvalue weighted by atomic mass is 79.9. The highest BCUT2D eigenvalue weighted by Crippen LogP contribution is 2.28. The van der Waals surface area contributed by atoms with Gasteiger partial charge in [0.1, 0.15) is 18.1 Å². The third kappa shape index (κ3) is 3.81. The lowest BCUT2D eigenvalue weighted by atomic mass is 10.2. The minimum absolute atomic E-state index is 0.378. The molecule has 0 unspecified atom stereocenters. The molecule has 0 N–H and O–H groups in total. The van der Waals surface area contributed by atoms with Gasteiger partial charge in [-0.05, 0) is 18.2 Å². The van der Waals surface area contributed by atoms with E-state index in [4.69, 9.17) is 32.7 Å². The van der Waals surface area contributed by atoms with Crippen molar-refractivity contribution in [1.82, 2.24) is 0 Å². The van der Waals surface area contributed by atoms with Crippen LogP contribution in [0.25, 0.3) is 0 Å². The summed E-state index contributed by atoms with van der Waals surface area (Å²) in [6.07, 6.45) is 0. The fourth-order valence-corrected chi connectivity index (χ4v) is 2.65. The van der Waals surface area contributed by atoms with Crippen LogP contribution in [0.1, 0.15) is 11.1 Å². The van der Waals surface area contributed by atoms with Crippen molar-refractivity contribution < 1.29 is 9.47 Å². The molecule has 0 saturated heterocycles. The van der Waals surface area contributed by atoms with Crippen molar-refractivity contribution >= 4 is 39.1 Å². The minimum atomic E-state index is 0.378. The zero-order chi connectivity index (χ0) is 14.5. The van der Waals surface area contributed by atoms with Crippen molar-refractivity contribution in [2.24, 2.45) is 0 Å². The second-order valence-electron chi connectivity index (χ2n) is 4.13. The monoisotopic (exact) mass is 374 g/mol. The lowest BCUT2D eigenvalue weighted by Gasteiger charge is -2.12. The van der Waals surface area contributed by atoms with Crippen molar-refractivity contribution in [3.63, 3.8) is 0 Å². The first-order valence-electron chi connectivity index (χ1n) is 5.93. The Bertz CT molecular complexity index is 602. The van der Waals surface area contributed by atoms with Gasteiger partial charge in [0.25, 0.3) is 0 Å². The van der Waals surface area contributed by atoms with Gasteiger partial charge in [-0.15, -0.1) is 11.6 Å². The fraction of sp³-hybridized carbons (Fsp3) is 0.200. The molecular formula is C15H13BrCl2O2. The normalized spacial score (nSPS) is 10.4. The van der Waals surface area contributed by atoms with Crippen molar-refractivity contribution in [3.05, 3.63) is 57.0 Å². The topological polar surface area (TPSA) is 18.5 Å². The van der Waals surface area contributed by atoms with E-state index in [2.05, 4.69) is 15.9 Å². The largest absolute Gasteiger partial charge is 0.497 e. The summed E-state index contributed by atoms with van der Waals surface area (Å²) in [4.78, 5) is 0. The maximum absolute atomic E-state index is 6.17. The Labute approximate surface area is 136 Å². The Morgan fingerprint density at radius 2 is 1.85 bits per heavy atom. The molecule has 0 aliphatic carbocycles. The van der Waals surface area contributed by atoms with Crippen molar-refractivity contribution in [2.75, 3.05) is 7.11 Å². The van der Waals surface area contributed by atoms with Crippen molar-refractivity contribution in [2.45, 2.75) is 12.5 Å². The lowest BCUT2D eigenvalue weighted by molar-refractivity contribution is 0.301. The molecule has 2 rings (SSSR count). The van der Waals surface area contributed by atoms with E-state index < -0.39 is 0 Å². The van der Waals surface area contributed by atoms with Crippen LogP contribution in [0, 0.1) is 0 Å². The zero-order valence-electron chi connectivity index (χ0n) is 10.8. The van der Waals surface area contributed by atoms with Crippen LogP contribution in [0.3, 0.4) is 0 Å². The SMILES string of the molecule is COc1ccc(CCl)c(OCc2ccc(Br)cc2Cl)c1. The molecule has 0 fully saturated rings. The Morgan fingerprint density at radius 3 is 2.50 bits per heavy atom. The van der Waals surface area contributed by atoms with Gasteiger partial charge in [-0.3, -0.25) is 0 Å². The highest BCUT2D eigenvalue weighted by molar-refractivity contribution is 9.10. The number of ether oxygens (including phenoxy) is 2. The first-order valence-corrected chi connectivity index (χ1v) is 7.64. The average molecular weight is 376 g/mol. The second kappa shape index (κ2) is 7.21. The molecule has 0 aromatic heterocycles. The Kier molecular flexibility index (Phi) is 5.58. The van der Waals surface area contributed by atoms with E-state index in [1.807, 2.05) is 36.4 Å². The van der Waals surface area contributed by atoms with Gasteiger partial charge in [-0.25, -0.2) is 0 Å². The Hall–Kier alpha value is -0.900. The van der Waals surface area contributed by atoms with E-state index in [9.17, 15) is 0 Å². The smallest absolute Gasteiger partial charge is 0.127 e. The molecule has 20 heavy (non-hydrogen) atoms. The summed E-state index contributed by atoms with van der Waals surface area (Å²) in [5.74, 6) is 1.82. The maximum atomic E-state index is 6.17. The standard InChI is InChI=1S/C15H13BrCl2O2/c1-19-13-5-3-10(8-17)15(7-13)20-9-11-2-4-12(16)6-14(11)18/h2-7H,8-9H2,1H3. The van der Waals surface area contributed by atoms with Crippen LogP contribution in [0.15, 0.2) is 40.9 Å². The molecule has 0 bridgehead atoms. The third-order valence-electron chi connectivity index (χ3n) is 2.82. The number of rotatable bonds is 5. The zero-order valence-corrected chi connectivity index (χ0v) is 13.9. The predicted octanol–water partition coefficient (Wildman–Crippen LogP) is 5.43. The van der Waals surface area contributed by atoms with Crippen LogP contribution in [0.4, 0.5) is 0 Å². The summed E-state index contributed by atoms with van der Waals surface area (Å²) in [6, 6.07) is 11.3. The minimum Gasteiger partial charge on any atom is -0.497 e. The molecule has 0 spiro atoms. The molecule has 106 valence electrons. The quantitative estimate of drug-likeness (QED) is 0.648. The van der Waals surface area contributed by atoms with Gasteiger partial charge in [0, 0.05) is 26.7 Å². The molecule has 2 aromatic rings. The second-order valence-corrected chi connectivity index (χ2v) is 5.72. The first kappa shape index (κ1) is 15.5. The van der Waals surface area contributed by atoms with Gasteiger partial charge >= 0.3 is 0 Å². The Morgan fingerprint density at radius 1 is 1.10 bits per heavy atom. The van der Waals surface area contributed by atoms with Gasteiger partial charge in [-0.1, -0.05) is 39.7 Å². The van der Waals surface area contributed by atoms with Crippen LogP contribution < -0.4 is 9.47 Å². The van der Waals surface area contributed by atoms with Crippen LogP contribution in [0.2, 0.25) is 5.02 Å². The van der Waals surface area contributed by atoms with Gasteiger partial charge in [0.2, 0.25) is 0 Å². The summed E-state index contributed by atoms with van der Waals surface area (Å²) >= 11 is 15.5. The van der Waals surface area contributed by atoms with Crippen molar-refractivity contribution in [3.8, 4) is 11.5 Å². The maximum Gasteiger partial charge on any atom is 0.127 e. The molecule has 0 aliphatic rings. The molecule has 0 saturated carbocycles. The summed E-state index contributed by atoms with van der Waals surface area (Å²) < 4.78 is 11.9. The molecule has 0 amide bonds. The van der Waals surface area contributed by atoms with Crippen LogP contribution in [0.5, 0.6) is 11.5 Å². The number of benzene rings is 2. The number of alkyl halides is 1. The molecule has 0 radical (unpaired) electrons. The van der Waals surface area contributed by atoms with E-state index in [1.54, 1.807) is 7.11 Å². The van der Waals surface area contributed by atoms with Gasteiger partial charge in [0.05, 0.1) is 13.0 Å². The molecule has 0 atom stereocenters. The lowest BCUT2D eigenvalue weighted by Crippen LogP contribution is -1.99. The van der Waals surface area contributed by atoms with Gasteiger partial charge < -0.3 is 9.47 Å². The summed E-state index contributed by atoms with van der Waals surface area (Å²) in [5.41, 5.74) is 1.83. The van der Waals surface area contributed by atoms with Gasteiger partial charge in [-0.2, -0.15) is 0 Å². The van der Waals surface area contributed by atoms with Crippen LogP contribution in [-0.4, -0.2) is 7.11 Å². The summed E-state index contributed by atoms with van der Waals surface area (Å²) in [6.45, 7) is 0.378. The predicted molar refractivity (Wildman–Crippen MR) is 86.0 cm³/mol. The molecule has 0 heterocycles. The average Bonchev–Trinajstić information content (AvgIpc) is 2.46. The first-order chi connectivity index (χ1) is 9.63. The number of halogens is 3. The number of hydrogen-bond acceptors (Lipinski definition) is 2. The molecule has 2 aromatic carbocycles. The van der Waals surface area contributed by atoms with Gasteiger partial charge in [0.15, 0.2) is 0 Å². The van der Waals surface area contributed by atoms with Crippen molar-refractivity contribution in [1.29, 1.82) is 0 Å². The highest BCUT2D eigenvalue weighted by Gasteiger charge is 2.07. The van der Waals surface area contributed by atoms with Crippen LogP contribution in [-0.2, 0) is 12.5 Å². The number of hydrogen-bond donors (Lipinski definition) is 0. The molecular weight excluding hydrogens is 363 g/mol. The third-order valence-corrected chi connectivity index (χ3v) is 3.95. The van der Waals surface area contributed by atoms with E-state index >= 15 is 0 Å². The molecule has 5 heteroatoms. The molecule has 2 nitrogen and oxygen atoms in total. The number of methoxy groups -OCH3 is 1. The van der Waals surface area contributed by atoms with E-state index in [0.29, 0.717) is 23.3 Å².